The van der Waals surface area contributed by atoms with Gasteiger partial charge in [0.2, 0.25) is 0 Å². The first-order valence-electron chi connectivity index (χ1n) is 6.31. The van der Waals surface area contributed by atoms with Gasteiger partial charge in [-0.3, -0.25) is 20.2 Å². The van der Waals surface area contributed by atoms with Crippen molar-refractivity contribution in [1.29, 1.82) is 0 Å². The second-order valence-electron chi connectivity index (χ2n) is 4.62. The van der Waals surface area contributed by atoms with Crippen LogP contribution >= 0.6 is 11.8 Å². The van der Waals surface area contributed by atoms with Crippen molar-refractivity contribution in [2.45, 2.75) is 25.4 Å². The Hall–Kier alpha value is -1.67. The van der Waals surface area contributed by atoms with Gasteiger partial charge in [0.25, 0.3) is 11.4 Å². The van der Waals surface area contributed by atoms with E-state index in [-0.39, 0.29) is 11.4 Å². The topological polar surface area (TPSA) is 98.3 Å². The molecule has 0 amide bonds. The third-order valence-electron chi connectivity index (χ3n) is 3.22. The molecule has 0 saturated carbocycles. The Morgan fingerprint density at radius 1 is 1.30 bits per heavy atom. The van der Waals surface area contributed by atoms with E-state index in [0.29, 0.717) is 18.2 Å². The molecule has 7 nitrogen and oxygen atoms in total. The van der Waals surface area contributed by atoms with Gasteiger partial charge in [0.15, 0.2) is 0 Å². The summed E-state index contributed by atoms with van der Waals surface area (Å²) >= 11 is 1.87. The molecule has 0 aliphatic carbocycles. The van der Waals surface area contributed by atoms with Crippen LogP contribution in [0.25, 0.3) is 0 Å². The number of nitrogens with one attached hydrogen (secondary N) is 1. The SMILES string of the molecule is O=[N+]([O-])c1ccc(CNC2CCCSC2)c([N+](=O)[O-])c1. The molecule has 1 heterocycles. The van der Waals surface area contributed by atoms with Gasteiger partial charge in [0.1, 0.15) is 0 Å². The van der Waals surface area contributed by atoms with Crippen molar-refractivity contribution < 1.29 is 9.85 Å². The zero-order valence-electron chi connectivity index (χ0n) is 10.8. The predicted octanol–water partition coefficient (Wildman–Crippen LogP) is 2.49. The highest BCUT2D eigenvalue weighted by Gasteiger charge is 2.20. The Bertz CT molecular complexity index is 517. The minimum atomic E-state index is -0.623. The average Bonchev–Trinajstić information content (AvgIpc) is 2.45. The molecule has 1 N–H and O–H groups in total. The fourth-order valence-electron chi connectivity index (χ4n) is 2.14. The van der Waals surface area contributed by atoms with Crippen LogP contribution in [0.5, 0.6) is 0 Å². The molecule has 108 valence electrons. The monoisotopic (exact) mass is 297 g/mol. The lowest BCUT2D eigenvalue weighted by Crippen LogP contribution is -2.33. The Morgan fingerprint density at radius 3 is 2.70 bits per heavy atom. The number of hydrogen-bond acceptors (Lipinski definition) is 6. The third kappa shape index (κ3) is 3.67. The van der Waals surface area contributed by atoms with Gasteiger partial charge in [-0.25, -0.2) is 0 Å². The van der Waals surface area contributed by atoms with E-state index < -0.39 is 9.85 Å². The summed E-state index contributed by atoms with van der Waals surface area (Å²) in [5, 5.41) is 24.9. The zero-order valence-corrected chi connectivity index (χ0v) is 11.6. The molecule has 0 spiro atoms. The summed E-state index contributed by atoms with van der Waals surface area (Å²) in [4.78, 5) is 20.5. The van der Waals surface area contributed by atoms with Crippen molar-refractivity contribution in [3.63, 3.8) is 0 Å². The Kier molecular flexibility index (Phi) is 4.91. The number of rotatable bonds is 5. The molecule has 1 saturated heterocycles. The van der Waals surface area contributed by atoms with Crippen molar-refractivity contribution in [2.24, 2.45) is 0 Å². The number of nitrogens with zero attached hydrogens (tertiary/aromatic N) is 2. The Labute approximate surface area is 120 Å². The summed E-state index contributed by atoms with van der Waals surface area (Å²) in [6, 6.07) is 4.13. The van der Waals surface area contributed by atoms with Gasteiger partial charge >= 0.3 is 0 Å². The van der Waals surface area contributed by atoms with Crippen molar-refractivity contribution in [3.8, 4) is 0 Å². The molecule has 0 radical (unpaired) electrons. The maximum Gasteiger partial charge on any atom is 0.280 e. The minimum absolute atomic E-state index is 0.199. The number of non-ortho nitro benzene ring substituents is 1. The maximum atomic E-state index is 11.0. The second kappa shape index (κ2) is 6.67. The van der Waals surface area contributed by atoms with Crippen LogP contribution in [0.2, 0.25) is 0 Å². The highest BCUT2D eigenvalue weighted by molar-refractivity contribution is 7.99. The average molecular weight is 297 g/mol. The van der Waals surface area contributed by atoms with E-state index in [0.717, 1.165) is 30.4 Å². The van der Waals surface area contributed by atoms with Gasteiger partial charge in [0, 0.05) is 30.0 Å². The van der Waals surface area contributed by atoms with Crippen LogP contribution in [0, 0.1) is 20.2 Å². The second-order valence-corrected chi connectivity index (χ2v) is 5.77. The van der Waals surface area contributed by atoms with Crippen LogP contribution in [-0.2, 0) is 6.54 Å². The molecule has 1 aliphatic rings. The smallest absolute Gasteiger partial charge is 0.280 e. The molecule has 1 fully saturated rings. The fraction of sp³-hybridized carbons (Fsp3) is 0.500. The number of hydrogen-bond donors (Lipinski definition) is 1. The molecule has 0 bridgehead atoms. The highest BCUT2D eigenvalue weighted by Crippen LogP contribution is 2.25. The number of benzene rings is 1. The molecular formula is C12H15N3O4S. The summed E-state index contributed by atoms with van der Waals surface area (Å²) in [6.45, 7) is 0.361. The molecule has 1 aliphatic heterocycles. The lowest BCUT2D eigenvalue weighted by atomic mass is 10.1. The van der Waals surface area contributed by atoms with E-state index in [1.165, 1.54) is 12.1 Å². The lowest BCUT2D eigenvalue weighted by molar-refractivity contribution is -0.394. The summed E-state index contributed by atoms with van der Waals surface area (Å²) in [5.41, 5.74) is 0.0278. The summed E-state index contributed by atoms with van der Waals surface area (Å²) in [6.07, 6.45) is 2.21. The first kappa shape index (κ1) is 14.7. The van der Waals surface area contributed by atoms with Gasteiger partial charge in [-0.1, -0.05) is 0 Å². The molecule has 1 aromatic carbocycles. The van der Waals surface area contributed by atoms with Crippen LogP contribution in [0.1, 0.15) is 18.4 Å². The lowest BCUT2D eigenvalue weighted by Gasteiger charge is -2.22. The van der Waals surface area contributed by atoms with Crippen LogP contribution in [-0.4, -0.2) is 27.4 Å². The molecule has 0 aromatic heterocycles. The molecule has 8 heteroatoms. The summed E-state index contributed by atoms with van der Waals surface area (Å²) < 4.78 is 0. The van der Waals surface area contributed by atoms with E-state index in [1.54, 1.807) is 0 Å². The summed E-state index contributed by atoms with van der Waals surface area (Å²) in [7, 11) is 0. The quantitative estimate of drug-likeness (QED) is 0.662. The van der Waals surface area contributed by atoms with Crippen LogP contribution in [0.4, 0.5) is 11.4 Å². The van der Waals surface area contributed by atoms with E-state index in [4.69, 9.17) is 0 Å². The third-order valence-corrected chi connectivity index (χ3v) is 4.43. The number of thioether (sulfide) groups is 1. The first-order valence-corrected chi connectivity index (χ1v) is 7.46. The number of nitro groups is 2. The molecular weight excluding hydrogens is 282 g/mol. The van der Waals surface area contributed by atoms with Crippen molar-refractivity contribution >= 4 is 23.1 Å². The standard InChI is InChI=1S/C12H15N3O4S/c16-14(17)11-4-3-9(12(6-11)15(18)19)7-13-10-2-1-5-20-8-10/h3-4,6,10,13H,1-2,5,7-8H2. The van der Waals surface area contributed by atoms with E-state index in [2.05, 4.69) is 5.32 Å². The molecule has 2 rings (SSSR count). The van der Waals surface area contributed by atoms with Crippen LogP contribution in [0.15, 0.2) is 18.2 Å². The van der Waals surface area contributed by atoms with Gasteiger partial charge in [-0.05, 0) is 24.7 Å². The molecule has 1 atom stereocenters. The fourth-order valence-corrected chi connectivity index (χ4v) is 3.25. The summed E-state index contributed by atoms with van der Waals surface area (Å²) in [5.74, 6) is 2.16. The normalized spacial score (nSPS) is 18.7. The largest absolute Gasteiger partial charge is 0.309 e. The predicted molar refractivity (Wildman–Crippen MR) is 76.9 cm³/mol. The van der Waals surface area contributed by atoms with Gasteiger partial charge in [0.05, 0.1) is 15.9 Å². The highest BCUT2D eigenvalue weighted by atomic mass is 32.2. The van der Waals surface area contributed by atoms with Crippen molar-refractivity contribution in [2.75, 3.05) is 11.5 Å². The molecule has 1 unspecified atom stereocenters. The first-order chi connectivity index (χ1) is 9.58. The van der Waals surface area contributed by atoms with Gasteiger partial charge in [-0.2, -0.15) is 11.8 Å². The maximum absolute atomic E-state index is 11.0. The Balaban J connectivity index is 2.09. The Morgan fingerprint density at radius 2 is 2.10 bits per heavy atom. The van der Waals surface area contributed by atoms with Crippen LogP contribution < -0.4 is 5.32 Å². The van der Waals surface area contributed by atoms with Crippen LogP contribution in [0.3, 0.4) is 0 Å². The van der Waals surface area contributed by atoms with E-state index in [9.17, 15) is 20.2 Å². The van der Waals surface area contributed by atoms with Crippen molar-refractivity contribution in [3.05, 3.63) is 44.0 Å². The molecule has 1 aromatic rings. The number of nitro benzene ring substituents is 2. The van der Waals surface area contributed by atoms with Gasteiger partial charge < -0.3 is 5.32 Å². The van der Waals surface area contributed by atoms with Crippen molar-refractivity contribution in [1.82, 2.24) is 5.32 Å². The van der Waals surface area contributed by atoms with E-state index in [1.807, 2.05) is 11.8 Å². The van der Waals surface area contributed by atoms with Gasteiger partial charge in [-0.15, -0.1) is 0 Å². The van der Waals surface area contributed by atoms with E-state index >= 15 is 0 Å². The minimum Gasteiger partial charge on any atom is -0.309 e. The zero-order chi connectivity index (χ0) is 14.5. The molecule has 20 heavy (non-hydrogen) atoms.